The van der Waals surface area contributed by atoms with Crippen LogP contribution in [0.5, 0.6) is 5.75 Å². The molecule has 0 bridgehead atoms. The molecule has 0 aliphatic heterocycles. The van der Waals surface area contributed by atoms with Crippen molar-refractivity contribution >= 4 is 12.2 Å². The highest BCUT2D eigenvalue weighted by Crippen LogP contribution is 2.12. The molecular weight excluding hydrogens is 292 g/mol. The van der Waals surface area contributed by atoms with Gasteiger partial charge in [-0.15, -0.1) is 0 Å². The van der Waals surface area contributed by atoms with Crippen LogP contribution in [-0.2, 0) is 6.42 Å². The molecule has 122 valence electrons. The average molecular weight is 316 g/mol. The second-order valence-corrected chi connectivity index (χ2v) is 5.45. The molecule has 2 aromatic rings. The molecule has 2 aromatic carbocycles. The topological polar surface area (TPSA) is 9.23 Å². The van der Waals surface area contributed by atoms with Gasteiger partial charge in [-0.2, -0.15) is 0 Å². The third-order valence-corrected chi connectivity index (χ3v) is 3.51. The lowest BCUT2D eigenvalue weighted by Gasteiger charge is -2.01. The van der Waals surface area contributed by atoms with E-state index in [-0.39, 0.29) is 0 Å². The Morgan fingerprint density at radius 1 is 0.792 bits per heavy atom. The second kappa shape index (κ2) is 10.1. The van der Waals surface area contributed by atoms with Crippen molar-refractivity contribution in [2.75, 3.05) is 6.61 Å². The van der Waals surface area contributed by atoms with Crippen molar-refractivity contribution in [3.8, 4) is 17.6 Å². The third kappa shape index (κ3) is 6.18. The van der Waals surface area contributed by atoms with E-state index in [0.717, 1.165) is 17.7 Å². The maximum Gasteiger partial charge on any atom is 0.119 e. The monoisotopic (exact) mass is 316 g/mol. The highest BCUT2D eigenvalue weighted by Gasteiger charge is 1.91. The number of hydrogen-bond acceptors (Lipinski definition) is 1. The van der Waals surface area contributed by atoms with Crippen molar-refractivity contribution in [2.24, 2.45) is 0 Å². The molecule has 1 heteroatoms. The Labute approximate surface area is 145 Å². The molecule has 24 heavy (non-hydrogen) atoms. The molecule has 0 atom stereocenters. The van der Waals surface area contributed by atoms with E-state index in [1.54, 1.807) is 0 Å². The molecule has 0 aliphatic rings. The van der Waals surface area contributed by atoms with Gasteiger partial charge in [-0.25, -0.2) is 0 Å². The van der Waals surface area contributed by atoms with Crippen LogP contribution < -0.4 is 4.74 Å². The smallest absolute Gasteiger partial charge is 0.119 e. The molecule has 0 N–H and O–H groups in total. The van der Waals surface area contributed by atoms with E-state index >= 15 is 0 Å². The van der Waals surface area contributed by atoms with Gasteiger partial charge in [0.25, 0.3) is 0 Å². The summed E-state index contributed by atoms with van der Waals surface area (Å²) in [6.07, 6.45) is 10.1. The molecule has 2 rings (SSSR count). The Bertz CT molecular complexity index is 659. The lowest BCUT2D eigenvalue weighted by atomic mass is 10.1. The van der Waals surface area contributed by atoms with E-state index in [4.69, 9.17) is 4.74 Å². The lowest BCUT2D eigenvalue weighted by Crippen LogP contribution is -1.90. The van der Waals surface area contributed by atoms with Gasteiger partial charge < -0.3 is 4.74 Å². The SMILES string of the molecule is CCCc1ccc(/C=C/C#C/C=C/c2ccc(OCC)cc2)cc1. The van der Waals surface area contributed by atoms with E-state index in [1.807, 2.05) is 55.5 Å². The molecule has 0 radical (unpaired) electrons. The van der Waals surface area contributed by atoms with Crippen molar-refractivity contribution in [3.63, 3.8) is 0 Å². The average Bonchev–Trinajstić information content (AvgIpc) is 2.61. The fourth-order valence-electron chi connectivity index (χ4n) is 2.30. The predicted octanol–water partition coefficient (Wildman–Crippen LogP) is 5.77. The zero-order chi connectivity index (χ0) is 17.0. The molecule has 0 spiro atoms. The van der Waals surface area contributed by atoms with E-state index in [0.29, 0.717) is 6.61 Å². The summed E-state index contributed by atoms with van der Waals surface area (Å²) in [5.41, 5.74) is 3.68. The van der Waals surface area contributed by atoms with Crippen LogP contribution in [0.15, 0.2) is 60.7 Å². The van der Waals surface area contributed by atoms with Gasteiger partial charge in [0, 0.05) is 0 Å². The predicted molar refractivity (Wildman–Crippen MR) is 104 cm³/mol. The Morgan fingerprint density at radius 2 is 1.33 bits per heavy atom. The summed E-state index contributed by atoms with van der Waals surface area (Å²) in [6.45, 7) is 4.87. The number of aryl methyl sites for hydroxylation is 1. The Hall–Kier alpha value is -2.72. The van der Waals surface area contributed by atoms with Crippen LogP contribution in [-0.4, -0.2) is 6.61 Å². The largest absolute Gasteiger partial charge is 0.494 e. The van der Waals surface area contributed by atoms with Crippen molar-refractivity contribution in [1.29, 1.82) is 0 Å². The van der Waals surface area contributed by atoms with Crippen LogP contribution >= 0.6 is 0 Å². The van der Waals surface area contributed by atoms with Crippen LogP contribution in [0.2, 0.25) is 0 Å². The number of allylic oxidation sites excluding steroid dienone is 2. The van der Waals surface area contributed by atoms with Gasteiger partial charge in [-0.3, -0.25) is 0 Å². The molecule has 0 heterocycles. The Balaban J connectivity index is 1.86. The normalized spacial score (nSPS) is 10.8. The molecule has 0 unspecified atom stereocenters. The fraction of sp³-hybridized carbons (Fsp3) is 0.217. The minimum absolute atomic E-state index is 0.689. The summed E-state index contributed by atoms with van der Waals surface area (Å²) in [7, 11) is 0. The standard InChI is InChI=1S/C23H24O/c1-3-9-20-12-14-21(15-13-20)10-7-5-6-8-11-22-16-18-23(19-17-22)24-4-2/h7-8,10-19H,3-4,9H2,1-2H3/b10-7+,11-8+. The van der Waals surface area contributed by atoms with Crippen LogP contribution in [0.4, 0.5) is 0 Å². The third-order valence-electron chi connectivity index (χ3n) is 3.51. The maximum atomic E-state index is 5.42. The highest BCUT2D eigenvalue weighted by molar-refractivity contribution is 5.56. The molecule has 0 aromatic heterocycles. The zero-order valence-electron chi connectivity index (χ0n) is 14.5. The van der Waals surface area contributed by atoms with Crippen LogP contribution in [0, 0.1) is 11.8 Å². The first-order chi connectivity index (χ1) is 11.8. The summed E-state index contributed by atoms with van der Waals surface area (Å²) < 4.78 is 5.42. The van der Waals surface area contributed by atoms with Gasteiger partial charge in [0.15, 0.2) is 0 Å². The van der Waals surface area contributed by atoms with Crippen LogP contribution in [0.25, 0.3) is 12.2 Å². The lowest BCUT2D eigenvalue weighted by molar-refractivity contribution is 0.340. The molecule has 0 aliphatic carbocycles. The summed E-state index contributed by atoms with van der Waals surface area (Å²) in [4.78, 5) is 0. The van der Waals surface area contributed by atoms with Gasteiger partial charge in [-0.1, -0.05) is 61.6 Å². The van der Waals surface area contributed by atoms with Gasteiger partial charge in [0.2, 0.25) is 0 Å². The molecular formula is C23H24O. The zero-order valence-corrected chi connectivity index (χ0v) is 14.5. The Morgan fingerprint density at radius 3 is 1.83 bits per heavy atom. The van der Waals surface area contributed by atoms with E-state index in [9.17, 15) is 0 Å². The summed E-state index contributed by atoms with van der Waals surface area (Å²) in [6, 6.07) is 16.6. The second-order valence-electron chi connectivity index (χ2n) is 5.45. The van der Waals surface area contributed by atoms with Crippen molar-refractivity contribution in [2.45, 2.75) is 26.7 Å². The number of rotatable bonds is 6. The summed E-state index contributed by atoms with van der Waals surface area (Å²) >= 11 is 0. The summed E-state index contributed by atoms with van der Waals surface area (Å²) in [5, 5.41) is 0. The number of ether oxygens (including phenoxy) is 1. The molecule has 0 saturated carbocycles. The first-order valence-corrected chi connectivity index (χ1v) is 8.47. The molecule has 0 saturated heterocycles. The fourth-order valence-corrected chi connectivity index (χ4v) is 2.30. The first-order valence-electron chi connectivity index (χ1n) is 8.47. The van der Waals surface area contributed by atoms with E-state index in [2.05, 4.69) is 43.0 Å². The molecule has 1 nitrogen and oxygen atoms in total. The van der Waals surface area contributed by atoms with Gasteiger partial charge >= 0.3 is 0 Å². The van der Waals surface area contributed by atoms with E-state index < -0.39 is 0 Å². The first kappa shape index (κ1) is 17.6. The molecule has 0 amide bonds. The number of benzene rings is 2. The summed E-state index contributed by atoms with van der Waals surface area (Å²) in [5.74, 6) is 6.96. The van der Waals surface area contributed by atoms with E-state index in [1.165, 1.54) is 17.5 Å². The van der Waals surface area contributed by atoms with Crippen LogP contribution in [0.3, 0.4) is 0 Å². The van der Waals surface area contributed by atoms with Crippen molar-refractivity contribution < 1.29 is 4.74 Å². The molecule has 0 fully saturated rings. The minimum Gasteiger partial charge on any atom is -0.494 e. The van der Waals surface area contributed by atoms with Gasteiger partial charge in [0.05, 0.1) is 6.61 Å². The van der Waals surface area contributed by atoms with Gasteiger partial charge in [-0.05, 0) is 66.5 Å². The Kier molecular flexibility index (Phi) is 7.44. The van der Waals surface area contributed by atoms with Crippen molar-refractivity contribution in [1.82, 2.24) is 0 Å². The van der Waals surface area contributed by atoms with Crippen LogP contribution in [0.1, 0.15) is 37.0 Å². The van der Waals surface area contributed by atoms with Crippen molar-refractivity contribution in [3.05, 3.63) is 77.4 Å². The maximum absolute atomic E-state index is 5.42. The quantitative estimate of drug-likeness (QED) is 0.615. The minimum atomic E-state index is 0.689. The number of hydrogen-bond donors (Lipinski definition) is 0. The van der Waals surface area contributed by atoms with Gasteiger partial charge in [0.1, 0.15) is 5.75 Å². The highest BCUT2D eigenvalue weighted by atomic mass is 16.5.